The number of aromatic amines is 1. The fraction of sp³-hybridized carbons (Fsp3) is 0.524. The third-order valence-electron chi connectivity index (χ3n) is 5.55. The number of likely N-dealkylation sites (tertiary alicyclic amines) is 1. The zero-order valence-electron chi connectivity index (χ0n) is 17.7. The maximum atomic E-state index is 12.4. The zero-order chi connectivity index (χ0) is 23.3. The summed E-state index contributed by atoms with van der Waals surface area (Å²) in [5, 5.41) is 2.50. The van der Waals surface area contributed by atoms with Crippen LogP contribution >= 0.6 is 0 Å². The van der Waals surface area contributed by atoms with Crippen molar-refractivity contribution in [3.63, 3.8) is 0 Å². The molecule has 2 N–H and O–H groups in total. The molecule has 3 rings (SSSR count). The van der Waals surface area contributed by atoms with Crippen LogP contribution in [0.25, 0.3) is 11.2 Å². The standard InChI is InChI=1S/C21H26F3N5O3/c1-3-17(30)29-8-5-13(16(12-29)32-2)9-14-10-26-19-18(28-14)15(11-27-19)20(31)25-7-4-6-21(22,23)24/h3,10-11,13,16H,1,4-9,12H2,2H3,(H,25,31)(H,26,27)/t13-,16-/m0/s1. The van der Waals surface area contributed by atoms with Crippen LogP contribution in [0.2, 0.25) is 0 Å². The van der Waals surface area contributed by atoms with Gasteiger partial charge in [-0.25, -0.2) is 9.97 Å². The van der Waals surface area contributed by atoms with Gasteiger partial charge in [0.25, 0.3) is 5.91 Å². The molecule has 1 aliphatic rings. The first kappa shape index (κ1) is 23.7. The first-order chi connectivity index (χ1) is 15.2. The van der Waals surface area contributed by atoms with Crippen molar-refractivity contribution in [1.82, 2.24) is 25.2 Å². The Labute approximate surface area is 183 Å². The molecule has 2 aromatic rings. The summed E-state index contributed by atoms with van der Waals surface area (Å²) in [6.07, 6.45) is 0.0565. The number of halogens is 3. The SMILES string of the molecule is C=CC(=O)N1CC[C@@H](Cc2cnc3[nH]cc(C(=O)NCCCC(F)(F)F)c3n2)[C@@H](OC)C1. The second-order valence-corrected chi connectivity index (χ2v) is 7.75. The molecule has 2 amide bonds. The van der Waals surface area contributed by atoms with Crippen LogP contribution < -0.4 is 5.32 Å². The lowest BCUT2D eigenvalue weighted by atomic mass is 9.89. The van der Waals surface area contributed by atoms with E-state index >= 15 is 0 Å². The van der Waals surface area contributed by atoms with Crippen LogP contribution in [0, 0.1) is 5.92 Å². The number of piperidine rings is 1. The van der Waals surface area contributed by atoms with Crippen LogP contribution in [0.4, 0.5) is 13.2 Å². The van der Waals surface area contributed by atoms with Crippen molar-refractivity contribution in [3.8, 4) is 0 Å². The quantitative estimate of drug-likeness (QED) is 0.473. The highest BCUT2D eigenvalue weighted by atomic mass is 19.4. The van der Waals surface area contributed by atoms with Gasteiger partial charge in [-0.3, -0.25) is 9.59 Å². The number of alkyl halides is 3. The van der Waals surface area contributed by atoms with Crippen molar-refractivity contribution in [2.45, 2.75) is 38.0 Å². The zero-order valence-corrected chi connectivity index (χ0v) is 17.7. The van der Waals surface area contributed by atoms with Crippen molar-refractivity contribution in [2.24, 2.45) is 5.92 Å². The number of rotatable bonds is 8. The van der Waals surface area contributed by atoms with Crippen LogP contribution in [-0.4, -0.2) is 70.7 Å². The van der Waals surface area contributed by atoms with E-state index in [1.165, 1.54) is 12.3 Å². The molecule has 8 nitrogen and oxygen atoms in total. The van der Waals surface area contributed by atoms with Gasteiger partial charge in [-0.1, -0.05) is 6.58 Å². The fourth-order valence-corrected chi connectivity index (χ4v) is 3.85. The predicted octanol–water partition coefficient (Wildman–Crippen LogP) is 2.62. The number of nitrogens with one attached hydrogen (secondary N) is 2. The molecule has 3 heterocycles. The lowest BCUT2D eigenvalue weighted by Gasteiger charge is -2.37. The van der Waals surface area contributed by atoms with Gasteiger partial charge in [-0.2, -0.15) is 13.2 Å². The predicted molar refractivity (Wildman–Crippen MR) is 111 cm³/mol. The molecule has 0 spiro atoms. The lowest BCUT2D eigenvalue weighted by Crippen LogP contribution is -2.47. The van der Waals surface area contributed by atoms with Gasteiger partial charge in [0.1, 0.15) is 5.52 Å². The minimum atomic E-state index is -4.25. The van der Waals surface area contributed by atoms with Gasteiger partial charge < -0.3 is 19.9 Å². The summed E-state index contributed by atoms with van der Waals surface area (Å²) in [6, 6.07) is 0. The number of aromatic nitrogens is 3. The van der Waals surface area contributed by atoms with Gasteiger partial charge in [-0.15, -0.1) is 0 Å². The number of carbonyl (C=O) groups excluding carboxylic acids is 2. The Hall–Kier alpha value is -2.95. The number of amides is 2. The van der Waals surface area contributed by atoms with Gasteiger partial charge in [0.05, 0.1) is 23.6 Å². The van der Waals surface area contributed by atoms with E-state index in [1.54, 1.807) is 18.2 Å². The first-order valence-corrected chi connectivity index (χ1v) is 10.3. The van der Waals surface area contributed by atoms with Gasteiger partial charge in [0.2, 0.25) is 5.91 Å². The molecule has 32 heavy (non-hydrogen) atoms. The van der Waals surface area contributed by atoms with E-state index < -0.39 is 18.5 Å². The Morgan fingerprint density at radius 2 is 2.22 bits per heavy atom. The molecule has 2 aromatic heterocycles. The Morgan fingerprint density at radius 3 is 2.91 bits per heavy atom. The maximum Gasteiger partial charge on any atom is 0.389 e. The van der Waals surface area contributed by atoms with Crippen LogP contribution in [0.5, 0.6) is 0 Å². The monoisotopic (exact) mass is 453 g/mol. The number of H-pyrrole nitrogens is 1. The van der Waals surface area contributed by atoms with Gasteiger partial charge in [0, 0.05) is 39.4 Å². The van der Waals surface area contributed by atoms with E-state index in [4.69, 9.17) is 4.74 Å². The Morgan fingerprint density at radius 1 is 1.44 bits per heavy atom. The van der Waals surface area contributed by atoms with Gasteiger partial charge >= 0.3 is 6.18 Å². The molecule has 0 unspecified atom stereocenters. The molecule has 174 valence electrons. The highest BCUT2D eigenvalue weighted by Gasteiger charge is 2.31. The van der Waals surface area contributed by atoms with Crippen molar-refractivity contribution in [1.29, 1.82) is 0 Å². The van der Waals surface area contributed by atoms with Crippen molar-refractivity contribution in [3.05, 3.63) is 36.3 Å². The van der Waals surface area contributed by atoms with E-state index in [0.29, 0.717) is 36.4 Å². The third-order valence-corrected chi connectivity index (χ3v) is 5.55. The minimum Gasteiger partial charge on any atom is -0.379 e. The van der Waals surface area contributed by atoms with E-state index in [0.717, 1.165) is 6.42 Å². The molecule has 2 atom stereocenters. The fourth-order valence-electron chi connectivity index (χ4n) is 3.85. The number of methoxy groups -OCH3 is 1. The van der Waals surface area contributed by atoms with E-state index in [2.05, 4.69) is 26.8 Å². The Kier molecular flexibility index (Phi) is 7.49. The molecule has 0 aliphatic carbocycles. The van der Waals surface area contributed by atoms with Crippen LogP contribution in [0.3, 0.4) is 0 Å². The number of fused-ring (bicyclic) bond motifs is 1. The number of nitrogens with zero attached hydrogens (tertiary/aromatic N) is 3. The largest absolute Gasteiger partial charge is 0.389 e. The van der Waals surface area contributed by atoms with Crippen molar-refractivity contribution >= 4 is 23.0 Å². The number of ether oxygens (including phenoxy) is 1. The second-order valence-electron chi connectivity index (χ2n) is 7.75. The number of hydrogen-bond donors (Lipinski definition) is 2. The van der Waals surface area contributed by atoms with Crippen LogP contribution in [0.15, 0.2) is 25.0 Å². The number of carbonyl (C=O) groups is 2. The van der Waals surface area contributed by atoms with Crippen molar-refractivity contribution in [2.75, 3.05) is 26.7 Å². The summed E-state index contributed by atoms with van der Waals surface area (Å²) in [6.45, 7) is 4.47. The Balaban J connectivity index is 1.67. The average molecular weight is 453 g/mol. The highest BCUT2D eigenvalue weighted by Crippen LogP contribution is 2.25. The Bertz CT molecular complexity index is 975. The third kappa shape index (κ3) is 5.84. The molecule has 0 aromatic carbocycles. The summed E-state index contributed by atoms with van der Waals surface area (Å²) >= 11 is 0. The maximum absolute atomic E-state index is 12.4. The molecular formula is C21H26F3N5O3. The average Bonchev–Trinajstić information content (AvgIpc) is 3.19. The summed E-state index contributed by atoms with van der Waals surface area (Å²) in [5.74, 6) is -0.528. The van der Waals surface area contributed by atoms with E-state index in [-0.39, 0.29) is 36.5 Å². The number of hydrogen-bond acceptors (Lipinski definition) is 5. The summed E-state index contributed by atoms with van der Waals surface area (Å²) in [7, 11) is 1.60. The molecule has 1 aliphatic heterocycles. The minimum absolute atomic E-state index is 0.0876. The lowest BCUT2D eigenvalue weighted by molar-refractivity contribution is -0.135. The molecule has 0 radical (unpaired) electrons. The molecule has 0 bridgehead atoms. The van der Waals surface area contributed by atoms with Crippen LogP contribution in [0.1, 0.15) is 35.3 Å². The highest BCUT2D eigenvalue weighted by molar-refractivity contribution is 6.04. The van der Waals surface area contributed by atoms with Crippen molar-refractivity contribution < 1.29 is 27.5 Å². The molecule has 1 saturated heterocycles. The molecule has 1 fully saturated rings. The van der Waals surface area contributed by atoms with Gasteiger partial charge in [0.15, 0.2) is 5.65 Å². The van der Waals surface area contributed by atoms with E-state index in [9.17, 15) is 22.8 Å². The smallest absolute Gasteiger partial charge is 0.379 e. The first-order valence-electron chi connectivity index (χ1n) is 10.3. The molecule has 0 saturated carbocycles. The van der Waals surface area contributed by atoms with Crippen LogP contribution in [-0.2, 0) is 16.0 Å². The summed E-state index contributed by atoms with van der Waals surface area (Å²) in [4.78, 5) is 37.8. The van der Waals surface area contributed by atoms with Gasteiger partial charge in [-0.05, 0) is 31.3 Å². The summed E-state index contributed by atoms with van der Waals surface area (Å²) < 4.78 is 42.4. The molecule has 11 heteroatoms. The van der Waals surface area contributed by atoms with E-state index in [1.807, 2.05) is 0 Å². The second kappa shape index (κ2) is 10.1. The normalized spacial score (nSPS) is 19.2. The molecular weight excluding hydrogens is 427 g/mol. The summed E-state index contributed by atoms with van der Waals surface area (Å²) in [5.41, 5.74) is 1.68. The topological polar surface area (TPSA) is 100 Å².